The molecule has 0 fully saturated rings. The Balaban J connectivity index is 1.45. The largest absolute Gasteiger partial charge is 0.324 e. The van der Waals surface area contributed by atoms with Crippen molar-refractivity contribution in [3.8, 4) is 5.69 Å². The topological polar surface area (TPSA) is 81.8 Å². The van der Waals surface area contributed by atoms with Gasteiger partial charge in [0, 0.05) is 16.6 Å². The van der Waals surface area contributed by atoms with Crippen LogP contribution in [0.4, 0.5) is 10.1 Å². The van der Waals surface area contributed by atoms with E-state index < -0.39 is 5.82 Å². The van der Waals surface area contributed by atoms with Crippen LogP contribution in [0.2, 0.25) is 0 Å². The first-order valence-electron chi connectivity index (χ1n) is 10.3. The fraction of sp³-hybridized carbons (Fsp3) is 0.217. The number of amides is 1. The lowest BCUT2D eigenvalue weighted by atomic mass is 10.1. The molecule has 3 heterocycles. The van der Waals surface area contributed by atoms with Crippen molar-refractivity contribution < 1.29 is 9.18 Å². The predicted octanol–water partition coefficient (Wildman–Crippen LogP) is 4.78. The number of aryl methyl sites for hydroxylation is 2. The number of hydrogen-bond donors (Lipinski definition) is 1. The van der Waals surface area contributed by atoms with Gasteiger partial charge in [-0.2, -0.15) is 5.10 Å². The fourth-order valence-corrected chi connectivity index (χ4v) is 5.30. The zero-order valence-corrected chi connectivity index (χ0v) is 20.2. The zero-order valence-electron chi connectivity index (χ0n) is 17.8. The molecule has 4 aromatic rings. The maximum atomic E-state index is 14.1. The van der Waals surface area contributed by atoms with Gasteiger partial charge in [0.25, 0.3) is 5.56 Å². The molecule has 168 valence electrons. The first kappa shape index (κ1) is 21.8. The summed E-state index contributed by atoms with van der Waals surface area (Å²) >= 11 is 4.62. The van der Waals surface area contributed by atoms with Gasteiger partial charge in [-0.1, -0.05) is 33.8 Å². The molecule has 0 bridgehead atoms. The zero-order chi connectivity index (χ0) is 23.3. The van der Waals surface area contributed by atoms with Gasteiger partial charge in [0.15, 0.2) is 10.8 Å². The lowest BCUT2D eigenvalue weighted by Crippen LogP contribution is -2.28. The molecule has 1 N–H and O–H groups in total. The van der Waals surface area contributed by atoms with Crippen LogP contribution in [0.3, 0.4) is 0 Å². The third kappa shape index (κ3) is 3.97. The van der Waals surface area contributed by atoms with Gasteiger partial charge >= 0.3 is 0 Å². The quantitative estimate of drug-likeness (QED) is 0.386. The third-order valence-electron chi connectivity index (χ3n) is 5.73. The van der Waals surface area contributed by atoms with Crippen molar-refractivity contribution in [1.29, 1.82) is 0 Å². The maximum absolute atomic E-state index is 14.1. The summed E-state index contributed by atoms with van der Waals surface area (Å²) in [5.41, 5.74) is 3.48. The molecule has 1 aliphatic heterocycles. The summed E-state index contributed by atoms with van der Waals surface area (Å²) in [6.45, 7) is 4.06. The number of halogens is 2. The van der Waals surface area contributed by atoms with Crippen molar-refractivity contribution in [3.05, 3.63) is 74.4 Å². The Morgan fingerprint density at radius 1 is 1.24 bits per heavy atom. The third-order valence-corrected chi connectivity index (χ3v) is 7.32. The fourth-order valence-electron chi connectivity index (χ4n) is 3.83. The van der Waals surface area contributed by atoms with Gasteiger partial charge < -0.3 is 5.32 Å². The number of aromatic nitrogens is 4. The monoisotopic (exact) mass is 527 g/mol. The molecule has 1 amide bonds. The van der Waals surface area contributed by atoms with Crippen LogP contribution in [0.15, 0.2) is 57.0 Å². The van der Waals surface area contributed by atoms with Crippen molar-refractivity contribution in [2.75, 3.05) is 11.1 Å². The van der Waals surface area contributed by atoms with Gasteiger partial charge in [-0.05, 0) is 55.3 Å². The summed E-state index contributed by atoms with van der Waals surface area (Å²) in [5.74, 6) is -0.368. The van der Waals surface area contributed by atoms with Gasteiger partial charge in [-0.25, -0.2) is 14.1 Å². The molecule has 0 saturated heterocycles. The molecule has 0 spiro atoms. The van der Waals surface area contributed by atoms with Gasteiger partial charge in [-0.15, -0.1) is 0 Å². The Morgan fingerprint density at radius 2 is 2.06 bits per heavy atom. The number of carbonyl (C=O) groups is 1. The van der Waals surface area contributed by atoms with Crippen LogP contribution >= 0.6 is 27.7 Å². The molecule has 0 aliphatic carbocycles. The van der Waals surface area contributed by atoms with Gasteiger partial charge in [0.05, 0.1) is 23.6 Å². The van der Waals surface area contributed by atoms with E-state index in [1.54, 1.807) is 15.3 Å². The summed E-state index contributed by atoms with van der Waals surface area (Å²) in [5, 5.41) is 7.93. The van der Waals surface area contributed by atoms with Crippen LogP contribution in [-0.4, -0.2) is 31.0 Å². The van der Waals surface area contributed by atoms with E-state index in [9.17, 15) is 14.0 Å². The SMILES string of the molecule is Cc1ccc(-n2ncc3c(=O)n4c(nc32)SCC4CC(=O)Nc2ccc(Br)cc2F)cc1C. The van der Waals surface area contributed by atoms with E-state index in [4.69, 9.17) is 4.98 Å². The number of rotatable bonds is 4. The number of benzene rings is 2. The molecule has 5 rings (SSSR count). The smallest absolute Gasteiger partial charge is 0.265 e. The Morgan fingerprint density at radius 3 is 2.82 bits per heavy atom. The van der Waals surface area contributed by atoms with Crippen LogP contribution in [0.1, 0.15) is 23.6 Å². The number of fused-ring (bicyclic) bond motifs is 2. The molecule has 10 heteroatoms. The average Bonchev–Trinajstić information content (AvgIpc) is 3.37. The highest BCUT2D eigenvalue weighted by molar-refractivity contribution is 9.10. The van der Waals surface area contributed by atoms with E-state index in [2.05, 4.69) is 26.3 Å². The van der Waals surface area contributed by atoms with Crippen LogP contribution in [0.5, 0.6) is 0 Å². The highest BCUT2D eigenvalue weighted by atomic mass is 79.9. The van der Waals surface area contributed by atoms with Crippen molar-refractivity contribution in [2.45, 2.75) is 31.5 Å². The number of carbonyl (C=O) groups excluding carboxylic acids is 1. The van der Waals surface area contributed by atoms with E-state index in [1.807, 2.05) is 32.0 Å². The lowest BCUT2D eigenvalue weighted by molar-refractivity contribution is -0.116. The molecule has 2 aromatic carbocycles. The lowest BCUT2D eigenvalue weighted by Gasteiger charge is -2.14. The van der Waals surface area contributed by atoms with Crippen molar-refractivity contribution in [1.82, 2.24) is 19.3 Å². The molecule has 1 unspecified atom stereocenters. The van der Waals surface area contributed by atoms with Gasteiger partial charge in [0.1, 0.15) is 11.2 Å². The number of thioether (sulfide) groups is 1. The summed E-state index contributed by atoms with van der Waals surface area (Å²) in [6, 6.07) is 10.0. The molecule has 1 atom stereocenters. The van der Waals surface area contributed by atoms with Gasteiger partial charge in [0.2, 0.25) is 5.91 Å². The van der Waals surface area contributed by atoms with Crippen molar-refractivity contribution in [3.63, 3.8) is 0 Å². The Labute approximate surface area is 201 Å². The van der Waals surface area contributed by atoms with Crippen molar-refractivity contribution >= 4 is 50.3 Å². The molecular formula is C23H19BrFN5O2S. The molecule has 7 nitrogen and oxygen atoms in total. The highest BCUT2D eigenvalue weighted by Gasteiger charge is 2.30. The number of nitrogens with one attached hydrogen (secondary N) is 1. The summed E-state index contributed by atoms with van der Waals surface area (Å²) < 4.78 is 17.9. The van der Waals surface area contributed by atoms with E-state index in [-0.39, 0.29) is 29.6 Å². The average molecular weight is 528 g/mol. The molecule has 33 heavy (non-hydrogen) atoms. The molecule has 2 aromatic heterocycles. The standard InChI is InChI=1S/C23H19BrFN5O2S/c1-12-3-5-15(7-13(12)2)30-21-17(10-26-30)22(32)29-16(11-33-23(29)28-21)9-20(31)27-19-6-4-14(24)8-18(19)25/h3-8,10,16H,9,11H2,1-2H3,(H,27,31). The first-order chi connectivity index (χ1) is 15.8. The van der Waals surface area contributed by atoms with E-state index in [0.717, 1.165) is 11.3 Å². The minimum absolute atomic E-state index is 0.0356. The number of anilines is 1. The summed E-state index contributed by atoms with van der Waals surface area (Å²) in [7, 11) is 0. The number of nitrogens with zero attached hydrogens (tertiary/aromatic N) is 4. The minimum Gasteiger partial charge on any atom is -0.324 e. The minimum atomic E-state index is -0.529. The number of hydrogen-bond acceptors (Lipinski definition) is 5. The maximum Gasteiger partial charge on any atom is 0.265 e. The first-order valence-corrected chi connectivity index (χ1v) is 12.1. The predicted molar refractivity (Wildman–Crippen MR) is 130 cm³/mol. The van der Waals surface area contributed by atoms with Crippen LogP contribution < -0.4 is 10.9 Å². The van der Waals surface area contributed by atoms with Crippen molar-refractivity contribution in [2.24, 2.45) is 0 Å². The van der Waals surface area contributed by atoms with Crippen LogP contribution in [0, 0.1) is 19.7 Å². The highest BCUT2D eigenvalue weighted by Crippen LogP contribution is 2.34. The Bertz CT molecular complexity index is 1480. The van der Waals surface area contributed by atoms with E-state index in [0.29, 0.717) is 26.4 Å². The normalized spacial score (nSPS) is 15.1. The van der Waals surface area contributed by atoms with Crippen LogP contribution in [0.25, 0.3) is 16.7 Å². The second kappa shape index (κ2) is 8.42. The molecular weight excluding hydrogens is 509 g/mol. The molecule has 0 saturated carbocycles. The van der Waals surface area contributed by atoms with E-state index in [1.165, 1.54) is 35.7 Å². The summed E-state index contributed by atoms with van der Waals surface area (Å²) in [4.78, 5) is 30.6. The Kier molecular flexibility index (Phi) is 5.57. The molecule has 1 aliphatic rings. The second-order valence-electron chi connectivity index (χ2n) is 7.97. The van der Waals surface area contributed by atoms with Crippen LogP contribution in [-0.2, 0) is 4.79 Å². The van der Waals surface area contributed by atoms with E-state index >= 15 is 0 Å². The Hall–Kier alpha value is -2.98. The van der Waals surface area contributed by atoms with Gasteiger partial charge in [-0.3, -0.25) is 14.2 Å². The summed E-state index contributed by atoms with van der Waals surface area (Å²) in [6.07, 6.45) is 1.55. The second-order valence-corrected chi connectivity index (χ2v) is 9.88. The molecule has 0 radical (unpaired) electrons.